The Bertz CT molecular complexity index is 810. The first-order valence-electron chi connectivity index (χ1n) is 10.5. The Morgan fingerprint density at radius 2 is 1.82 bits per heavy atom. The molecule has 2 aromatic rings. The molecule has 0 bridgehead atoms. The molecule has 3 N–H and O–H groups in total. The summed E-state index contributed by atoms with van der Waals surface area (Å²) < 4.78 is 5.53. The monoisotopic (exact) mass is 381 g/mol. The minimum Gasteiger partial charge on any atom is -0.379 e. The summed E-state index contributed by atoms with van der Waals surface area (Å²) in [5, 5.41) is 5.59. The topological polar surface area (TPSA) is 67.6 Å². The molecule has 1 aliphatic heterocycles. The second kappa shape index (κ2) is 8.60. The van der Waals surface area contributed by atoms with Crippen molar-refractivity contribution in [2.24, 2.45) is 5.73 Å². The summed E-state index contributed by atoms with van der Waals surface area (Å²) in [7, 11) is 0. The highest BCUT2D eigenvalue weighted by atomic mass is 16.5. The molecule has 2 aliphatic rings. The smallest absolute Gasteiger partial charge is 0.222 e. The van der Waals surface area contributed by atoms with E-state index in [-0.39, 0.29) is 17.5 Å². The van der Waals surface area contributed by atoms with Crippen LogP contribution in [-0.2, 0) is 9.53 Å². The molecule has 2 fully saturated rings. The van der Waals surface area contributed by atoms with Crippen LogP contribution in [0, 0.1) is 0 Å². The summed E-state index contributed by atoms with van der Waals surface area (Å²) in [5.74, 6) is 0.108. The lowest BCUT2D eigenvalue weighted by Crippen LogP contribution is -2.54. The lowest BCUT2D eigenvalue weighted by molar-refractivity contribution is -0.126. The molecule has 2 aromatic carbocycles. The minimum atomic E-state index is -0.153. The van der Waals surface area contributed by atoms with Crippen molar-refractivity contribution in [3.63, 3.8) is 0 Å². The van der Waals surface area contributed by atoms with Crippen LogP contribution in [0.15, 0.2) is 42.5 Å². The van der Waals surface area contributed by atoms with E-state index in [2.05, 4.69) is 40.5 Å². The number of ether oxygens (including phenoxy) is 1. The van der Waals surface area contributed by atoms with Crippen molar-refractivity contribution in [1.82, 2.24) is 10.2 Å². The van der Waals surface area contributed by atoms with Gasteiger partial charge < -0.3 is 15.8 Å². The number of carbonyl (C=O) groups excluding carboxylic acids is 1. The summed E-state index contributed by atoms with van der Waals surface area (Å²) in [5.41, 5.74) is 7.11. The Morgan fingerprint density at radius 1 is 1.11 bits per heavy atom. The zero-order valence-corrected chi connectivity index (χ0v) is 16.5. The van der Waals surface area contributed by atoms with Gasteiger partial charge in [-0.2, -0.15) is 0 Å². The van der Waals surface area contributed by atoms with Gasteiger partial charge in [0.25, 0.3) is 0 Å². The summed E-state index contributed by atoms with van der Waals surface area (Å²) in [6.45, 7) is 3.79. The third-order valence-corrected chi connectivity index (χ3v) is 6.45. The van der Waals surface area contributed by atoms with Crippen LogP contribution < -0.4 is 11.1 Å². The van der Waals surface area contributed by atoms with Crippen LogP contribution in [-0.4, -0.2) is 49.2 Å². The molecule has 1 heterocycles. The molecular weight excluding hydrogens is 350 g/mol. The van der Waals surface area contributed by atoms with Crippen molar-refractivity contribution in [2.75, 3.05) is 32.8 Å². The molecular formula is C23H31N3O2. The number of hydrogen-bond acceptors (Lipinski definition) is 4. The molecule has 0 radical (unpaired) electrons. The number of carbonyl (C=O) groups is 1. The highest BCUT2D eigenvalue weighted by Gasteiger charge is 2.41. The van der Waals surface area contributed by atoms with E-state index in [1.165, 1.54) is 23.6 Å². The van der Waals surface area contributed by atoms with Gasteiger partial charge in [0.1, 0.15) is 0 Å². The van der Waals surface area contributed by atoms with Crippen LogP contribution in [0.2, 0.25) is 0 Å². The quantitative estimate of drug-likeness (QED) is 0.807. The third kappa shape index (κ3) is 4.07. The van der Waals surface area contributed by atoms with Crippen LogP contribution in [0.25, 0.3) is 10.8 Å². The van der Waals surface area contributed by atoms with Crippen LogP contribution in [0.5, 0.6) is 0 Å². The number of rotatable bonds is 6. The number of nitrogens with zero attached hydrogens (tertiary/aromatic N) is 1. The highest BCUT2D eigenvalue weighted by Crippen LogP contribution is 2.38. The van der Waals surface area contributed by atoms with E-state index < -0.39 is 0 Å². The SMILES string of the molecule is NCC(NC(=O)CC1(N2CCOCC2)CCCC1)c1ccc2ccccc2c1. The average Bonchev–Trinajstić information content (AvgIpc) is 3.22. The lowest BCUT2D eigenvalue weighted by Gasteiger charge is -2.43. The fourth-order valence-corrected chi connectivity index (χ4v) is 4.92. The normalized spacial score (nSPS) is 20.9. The van der Waals surface area contributed by atoms with Gasteiger partial charge >= 0.3 is 0 Å². The molecule has 1 saturated carbocycles. The number of benzene rings is 2. The van der Waals surface area contributed by atoms with E-state index in [1.54, 1.807) is 0 Å². The predicted octanol–water partition coefficient (Wildman–Crippen LogP) is 2.99. The van der Waals surface area contributed by atoms with Gasteiger partial charge in [-0.15, -0.1) is 0 Å². The number of nitrogens with one attached hydrogen (secondary N) is 1. The molecule has 1 saturated heterocycles. The first-order valence-corrected chi connectivity index (χ1v) is 10.5. The van der Waals surface area contributed by atoms with Crippen molar-refractivity contribution in [3.8, 4) is 0 Å². The molecule has 5 nitrogen and oxygen atoms in total. The maximum Gasteiger partial charge on any atom is 0.222 e. The van der Waals surface area contributed by atoms with Crippen LogP contribution in [0.1, 0.15) is 43.7 Å². The maximum atomic E-state index is 13.0. The van der Waals surface area contributed by atoms with Gasteiger partial charge in [0.05, 0.1) is 19.3 Å². The van der Waals surface area contributed by atoms with Crippen molar-refractivity contribution < 1.29 is 9.53 Å². The van der Waals surface area contributed by atoms with E-state index in [0.717, 1.165) is 44.7 Å². The molecule has 1 amide bonds. The molecule has 28 heavy (non-hydrogen) atoms. The second-order valence-corrected chi connectivity index (χ2v) is 8.17. The van der Waals surface area contributed by atoms with Crippen molar-refractivity contribution in [2.45, 2.75) is 43.7 Å². The van der Waals surface area contributed by atoms with Gasteiger partial charge in [-0.25, -0.2) is 0 Å². The number of fused-ring (bicyclic) bond motifs is 1. The maximum absolute atomic E-state index is 13.0. The largest absolute Gasteiger partial charge is 0.379 e. The van der Waals surface area contributed by atoms with Crippen molar-refractivity contribution in [1.29, 1.82) is 0 Å². The fourth-order valence-electron chi connectivity index (χ4n) is 4.92. The van der Waals surface area contributed by atoms with E-state index in [0.29, 0.717) is 13.0 Å². The Morgan fingerprint density at radius 3 is 2.54 bits per heavy atom. The zero-order chi connectivity index (χ0) is 19.4. The van der Waals surface area contributed by atoms with E-state index >= 15 is 0 Å². The van der Waals surface area contributed by atoms with Crippen LogP contribution in [0.3, 0.4) is 0 Å². The van der Waals surface area contributed by atoms with Crippen molar-refractivity contribution >= 4 is 16.7 Å². The van der Waals surface area contributed by atoms with Crippen LogP contribution in [0.4, 0.5) is 0 Å². The molecule has 5 heteroatoms. The Hall–Kier alpha value is -1.95. The lowest BCUT2D eigenvalue weighted by atomic mass is 9.89. The molecule has 1 atom stereocenters. The van der Waals surface area contributed by atoms with Crippen LogP contribution >= 0.6 is 0 Å². The highest BCUT2D eigenvalue weighted by molar-refractivity contribution is 5.83. The van der Waals surface area contributed by atoms with Gasteiger partial charge in [-0.05, 0) is 35.2 Å². The molecule has 0 spiro atoms. The second-order valence-electron chi connectivity index (χ2n) is 8.17. The first-order chi connectivity index (χ1) is 13.7. The zero-order valence-electron chi connectivity index (χ0n) is 16.5. The third-order valence-electron chi connectivity index (χ3n) is 6.45. The Kier molecular flexibility index (Phi) is 5.95. The summed E-state index contributed by atoms with van der Waals surface area (Å²) in [6, 6.07) is 14.4. The minimum absolute atomic E-state index is 0.00357. The number of nitrogens with two attached hydrogens (primary N) is 1. The first kappa shape index (κ1) is 19.4. The summed E-state index contributed by atoms with van der Waals surface area (Å²) >= 11 is 0. The number of amides is 1. The van der Waals surface area contributed by atoms with Gasteiger partial charge in [-0.3, -0.25) is 9.69 Å². The average molecular weight is 382 g/mol. The number of hydrogen-bond donors (Lipinski definition) is 2. The molecule has 1 unspecified atom stereocenters. The summed E-state index contributed by atoms with van der Waals surface area (Å²) in [6.07, 6.45) is 5.16. The van der Waals surface area contributed by atoms with Gasteiger partial charge in [0, 0.05) is 31.6 Å². The van der Waals surface area contributed by atoms with E-state index in [4.69, 9.17) is 10.5 Å². The Labute approximate surface area is 167 Å². The number of morpholine rings is 1. The fraction of sp³-hybridized carbons (Fsp3) is 0.522. The van der Waals surface area contributed by atoms with Gasteiger partial charge in [-0.1, -0.05) is 49.2 Å². The molecule has 4 rings (SSSR count). The molecule has 0 aromatic heterocycles. The van der Waals surface area contributed by atoms with Crippen molar-refractivity contribution in [3.05, 3.63) is 48.0 Å². The predicted molar refractivity (Wildman–Crippen MR) is 112 cm³/mol. The molecule has 1 aliphatic carbocycles. The van der Waals surface area contributed by atoms with E-state index in [1.807, 2.05) is 12.1 Å². The van der Waals surface area contributed by atoms with E-state index in [9.17, 15) is 4.79 Å². The standard InChI is InChI=1S/C23H31N3O2/c24-17-21(20-8-7-18-5-1-2-6-19(18)15-20)25-22(27)16-23(9-3-4-10-23)26-11-13-28-14-12-26/h1-2,5-8,15,21H,3-4,9-14,16-17,24H2,(H,25,27). The Balaban J connectivity index is 1.47. The molecule has 150 valence electrons. The van der Waals surface area contributed by atoms with Gasteiger partial charge in [0.2, 0.25) is 5.91 Å². The van der Waals surface area contributed by atoms with Gasteiger partial charge in [0.15, 0.2) is 0 Å². The summed E-state index contributed by atoms with van der Waals surface area (Å²) in [4.78, 5) is 15.5.